The van der Waals surface area contributed by atoms with Gasteiger partial charge in [-0.15, -0.1) is 0 Å². The monoisotopic (exact) mass is 251 g/mol. The zero-order chi connectivity index (χ0) is 10.6. The lowest BCUT2D eigenvalue weighted by molar-refractivity contribution is 1.36. The Bertz CT molecular complexity index is 366. The Balaban J connectivity index is 2.74. The Kier molecular flexibility index (Phi) is 3.96. The van der Waals surface area contributed by atoms with Gasteiger partial charge in [-0.3, -0.25) is 0 Å². The molecule has 0 bridgehead atoms. The van der Waals surface area contributed by atoms with E-state index in [1.165, 1.54) is 5.56 Å². The average molecular weight is 252 g/mol. The van der Waals surface area contributed by atoms with Gasteiger partial charge in [0.2, 0.25) is 0 Å². The maximum Gasteiger partial charge on any atom is 0.0384 e. The van der Waals surface area contributed by atoms with Crippen LogP contribution in [0, 0.1) is 6.92 Å². The van der Waals surface area contributed by atoms with Crippen molar-refractivity contribution in [3.05, 3.63) is 52.7 Å². The molecule has 74 valence electrons. The van der Waals surface area contributed by atoms with Gasteiger partial charge in [-0.2, -0.15) is 0 Å². The van der Waals surface area contributed by atoms with Gasteiger partial charge in [0.25, 0.3) is 0 Å². The topological polar surface area (TPSA) is 12.0 Å². The van der Waals surface area contributed by atoms with Crippen LogP contribution in [0.25, 0.3) is 0 Å². The molecule has 0 aromatic heterocycles. The van der Waals surface area contributed by atoms with Crippen LogP contribution in [0.2, 0.25) is 0 Å². The summed E-state index contributed by atoms with van der Waals surface area (Å²) in [6.45, 7) is 7.84. The van der Waals surface area contributed by atoms with Crippen molar-refractivity contribution in [3.63, 3.8) is 0 Å². The van der Waals surface area contributed by atoms with Gasteiger partial charge >= 0.3 is 0 Å². The number of anilines is 1. The fourth-order valence-corrected chi connectivity index (χ4v) is 1.56. The minimum Gasteiger partial charge on any atom is -0.359 e. The molecule has 0 unspecified atom stereocenters. The van der Waals surface area contributed by atoms with E-state index in [0.717, 1.165) is 15.9 Å². The van der Waals surface area contributed by atoms with Gasteiger partial charge in [-0.05, 0) is 37.6 Å². The molecule has 1 rings (SSSR count). The zero-order valence-electron chi connectivity index (χ0n) is 8.47. The molecule has 0 aliphatic carbocycles. The molecule has 1 N–H and O–H groups in total. The summed E-state index contributed by atoms with van der Waals surface area (Å²) < 4.78 is 0.871. The molecule has 0 saturated carbocycles. The first-order valence-electron chi connectivity index (χ1n) is 4.44. The van der Waals surface area contributed by atoms with Crippen LogP contribution >= 0.6 is 15.9 Å². The summed E-state index contributed by atoms with van der Waals surface area (Å²) in [6.07, 6.45) is 1.95. The summed E-state index contributed by atoms with van der Waals surface area (Å²) in [6, 6.07) is 8.26. The van der Waals surface area contributed by atoms with Crippen molar-refractivity contribution < 1.29 is 0 Å². The van der Waals surface area contributed by atoms with E-state index in [1.807, 2.05) is 25.1 Å². The van der Waals surface area contributed by atoms with Crippen molar-refractivity contribution in [3.8, 4) is 0 Å². The van der Waals surface area contributed by atoms with E-state index in [1.54, 1.807) is 0 Å². The van der Waals surface area contributed by atoms with Gasteiger partial charge in [-0.25, -0.2) is 0 Å². The summed E-state index contributed by atoms with van der Waals surface area (Å²) in [5.74, 6) is 0. The van der Waals surface area contributed by atoms with Gasteiger partial charge in [0.05, 0.1) is 0 Å². The molecule has 1 aromatic rings. The van der Waals surface area contributed by atoms with Crippen molar-refractivity contribution in [1.29, 1.82) is 0 Å². The normalized spacial score (nSPS) is 11.2. The lowest BCUT2D eigenvalue weighted by atomic mass is 10.2. The molecule has 0 radical (unpaired) electrons. The predicted molar refractivity (Wildman–Crippen MR) is 66.6 cm³/mol. The minimum atomic E-state index is 0.871. The summed E-state index contributed by atoms with van der Waals surface area (Å²) >= 11 is 3.29. The average Bonchev–Trinajstić information content (AvgIpc) is 2.01. The van der Waals surface area contributed by atoms with Gasteiger partial charge < -0.3 is 5.32 Å². The first-order chi connectivity index (χ1) is 6.58. The highest BCUT2D eigenvalue weighted by Crippen LogP contribution is 2.13. The Labute approximate surface area is 93.7 Å². The summed E-state index contributed by atoms with van der Waals surface area (Å²) in [5, 5.41) is 3.28. The van der Waals surface area contributed by atoms with E-state index in [4.69, 9.17) is 0 Å². The number of hydrogen-bond acceptors (Lipinski definition) is 1. The number of benzene rings is 1. The number of hydrogen-bond donors (Lipinski definition) is 1. The van der Waals surface area contributed by atoms with Crippen LogP contribution in [0.15, 0.2) is 47.1 Å². The van der Waals surface area contributed by atoms with Gasteiger partial charge in [0.15, 0.2) is 0 Å². The fraction of sp³-hybridized carbons (Fsp3) is 0.167. The second-order valence-electron chi connectivity index (χ2n) is 3.27. The Morgan fingerprint density at radius 1 is 1.50 bits per heavy atom. The number of rotatable bonds is 3. The van der Waals surface area contributed by atoms with Crippen molar-refractivity contribution >= 4 is 21.6 Å². The van der Waals surface area contributed by atoms with Crippen LogP contribution in [0.5, 0.6) is 0 Å². The predicted octanol–water partition coefficient (Wildman–Crippen LogP) is 4.22. The van der Waals surface area contributed by atoms with E-state index in [-0.39, 0.29) is 0 Å². The van der Waals surface area contributed by atoms with E-state index in [0.29, 0.717) is 0 Å². The SMILES string of the molecule is C=C(Br)/C=C(\C)Nc1cccc(C)c1. The minimum absolute atomic E-state index is 0.871. The quantitative estimate of drug-likeness (QED) is 0.794. The third-order valence-electron chi connectivity index (χ3n) is 1.73. The number of aryl methyl sites for hydroxylation is 1. The molecule has 1 nitrogen and oxygen atoms in total. The van der Waals surface area contributed by atoms with Crippen LogP contribution in [0.3, 0.4) is 0 Å². The van der Waals surface area contributed by atoms with Crippen molar-refractivity contribution in [2.45, 2.75) is 13.8 Å². The third kappa shape index (κ3) is 3.79. The molecule has 1 aromatic carbocycles. The van der Waals surface area contributed by atoms with Crippen molar-refractivity contribution in [2.24, 2.45) is 0 Å². The van der Waals surface area contributed by atoms with E-state index < -0.39 is 0 Å². The smallest absolute Gasteiger partial charge is 0.0384 e. The molecular weight excluding hydrogens is 238 g/mol. The van der Waals surface area contributed by atoms with Gasteiger partial charge in [0, 0.05) is 15.9 Å². The van der Waals surface area contributed by atoms with E-state index >= 15 is 0 Å². The van der Waals surface area contributed by atoms with Crippen molar-refractivity contribution in [1.82, 2.24) is 0 Å². The molecule has 0 fully saturated rings. The first-order valence-corrected chi connectivity index (χ1v) is 5.23. The second kappa shape index (κ2) is 5.01. The molecule has 0 atom stereocenters. The van der Waals surface area contributed by atoms with Crippen LogP contribution < -0.4 is 5.32 Å². The van der Waals surface area contributed by atoms with Crippen LogP contribution in [0.1, 0.15) is 12.5 Å². The maximum atomic E-state index is 3.75. The van der Waals surface area contributed by atoms with Crippen LogP contribution in [-0.2, 0) is 0 Å². The van der Waals surface area contributed by atoms with Crippen LogP contribution in [-0.4, -0.2) is 0 Å². The molecule has 2 heteroatoms. The highest BCUT2D eigenvalue weighted by molar-refractivity contribution is 9.11. The summed E-state index contributed by atoms with van der Waals surface area (Å²) in [7, 11) is 0. The Hall–Kier alpha value is -1.02. The molecule has 0 spiro atoms. The third-order valence-corrected chi connectivity index (χ3v) is 1.96. The van der Waals surface area contributed by atoms with Gasteiger partial charge in [-0.1, -0.05) is 34.6 Å². The number of allylic oxidation sites excluding steroid dienone is 3. The van der Waals surface area contributed by atoms with Gasteiger partial charge in [0.1, 0.15) is 0 Å². The summed E-state index contributed by atoms with van der Waals surface area (Å²) in [4.78, 5) is 0. The molecule has 0 heterocycles. The van der Waals surface area contributed by atoms with E-state index in [2.05, 4.69) is 46.9 Å². The molecule has 0 aliphatic rings. The Morgan fingerprint density at radius 2 is 2.21 bits per heavy atom. The molecule has 0 aliphatic heterocycles. The van der Waals surface area contributed by atoms with Crippen LogP contribution in [0.4, 0.5) is 5.69 Å². The highest BCUT2D eigenvalue weighted by Gasteiger charge is 1.93. The fourth-order valence-electron chi connectivity index (χ4n) is 1.22. The first kappa shape index (κ1) is 11.1. The Morgan fingerprint density at radius 3 is 2.79 bits per heavy atom. The molecule has 0 saturated heterocycles. The molecule has 0 amide bonds. The lowest BCUT2D eigenvalue weighted by Crippen LogP contribution is -1.95. The van der Waals surface area contributed by atoms with E-state index in [9.17, 15) is 0 Å². The standard InChI is InChI=1S/C12H14BrN/c1-9-5-4-6-12(7-9)14-11(3)8-10(2)13/h4-8,14H,2H2,1,3H3/b11-8+. The largest absolute Gasteiger partial charge is 0.359 e. The second-order valence-corrected chi connectivity index (χ2v) is 4.29. The molecule has 14 heavy (non-hydrogen) atoms. The summed E-state index contributed by atoms with van der Waals surface area (Å²) in [5.41, 5.74) is 3.42. The number of nitrogens with one attached hydrogen (secondary N) is 1. The lowest BCUT2D eigenvalue weighted by Gasteiger charge is -2.06. The highest BCUT2D eigenvalue weighted by atomic mass is 79.9. The maximum absolute atomic E-state index is 3.75. The zero-order valence-corrected chi connectivity index (χ0v) is 10.1. The number of halogens is 1. The molecular formula is C12H14BrN. The van der Waals surface area contributed by atoms with Crippen molar-refractivity contribution in [2.75, 3.05) is 5.32 Å².